The van der Waals surface area contributed by atoms with Crippen LogP contribution < -0.4 is 16.0 Å². The van der Waals surface area contributed by atoms with E-state index in [0.717, 1.165) is 25.0 Å². The Hall–Kier alpha value is -4.17. The van der Waals surface area contributed by atoms with E-state index in [9.17, 15) is 14.4 Å². The Bertz CT molecular complexity index is 1230. The number of nitrogens with zero attached hydrogens (tertiary/aromatic N) is 1. The van der Waals surface area contributed by atoms with Crippen molar-refractivity contribution in [2.24, 2.45) is 0 Å². The third-order valence-electron chi connectivity index (χ3n) is 6.09. The Kier molecular flexibility index (Phi) is 8.89. The van der Waals surface area contributed by atoms with Crippen LogP contribution in [0.5, 0.6) is 0 Å². The fourth-order valence-corrected chi connectivity index (χ4v) is 4.15. The minimum Gasteiger partial charge on any atom is -0.376 e. The molecule has 0 spiro atoms. The minimum atomic E-state index is -0.269. The third kappa shape index (κ3) is 7.65. The summed E-state index contributed by atoms with van der Waals surface area (Å²) in [5.74, 6) is -0.579. The highest BCUT2D eigenvalue weighted by atomic mass is 16.5. The van der Waals surface area contributed by atoms with Gasteiger partial charge in [-0.1, -0.05) is 42.5 Å². The average molecular weight is 501 g/mol. The number of hydrogen-bond acceptors (Lipinski definition) is 5. The van der Waals surface area contributed by atoms with Crippen molar-refractivity contribution >= 4 is 29.1 Å². The summed E-state index contributed by atoms with van der Waals surface area (Å²) in [6.45, 7) is 1.73. The van der Waals surface area contributed by atoms with Gasteiger partial charge in [0.25, 0.3) is 11.8 Å². The van der Waals surface area contributed by atoms with E-state index >= 15 is 0 Å². The van der Waals surface area contributed by atoms with Crippen LogP contribution >= 0.6 is 0 Å². The van der Waals surface area contributed by atoms with E-state index in [1.165, 1.54) is 0 Å². The van der Waals surface area contributed by atoms with Gasteiger partial charge in [-0.3, -0.25) is 14.4 Å². The van der Waals surface area contributed by atoms with Crippen molar-refractivity contribution in [3.8, 4) is 0 Å². The van der Waals surface area contributed by atoms with Gasteiger partial charge >= 0.3 is 0 Å². The number of nitrogens with one attached hydrogen (secondary N) is 3. The van der Waals surface area contributed by atoms with Crippen LogP contribution in [0.4, 0.5) is 11.4 Å². The molecule has 1 heterocycles. The Morgan fingerprint density at radius 1 is 0.919 bits per heavy atom. The maximum Gasteiger partial charge on any atom is 0.253 e. The molecule has 192 valence electrons. The molecule has 3 aromatic rings. The normalized spacial score (nSPS) is 14.6. The number of ether oxygens (including phenoxy) is 1. The summed E-state index contributed by atoms with van der Waals surface area (Å²) in [7, 11) is 1.76. The van der Waals surface area contributed by atoms with Crippen molar-refractivity contribution in [1.82, 2.24) is 10.2 Å². The zero-order valence-corrected chi connectivity index (χ0v) is 20.9. The second-order valence-corrected chi connectivity index (χ2v) is 9.06. The molecule has 3 aromatic carbocycles. The molecule has 8 heteroatoms. The number of benzene rings is 3. The molecule has 1 atom stereocenters. The first-order chi connectivity index (χ1) is 18.0. The summed E-state index contributed by atoms with van der Waals surface area (Å²) >= 11 is 0. The zero-order valence-electron chi connectivity index (χ0n) is 20.9. The molecule has 1 aliphatic rings. The van der Waals surface area contributed by atoms with E-state index in [1.54, 1.807) is 60.5 Å². The van der Waals surface area contributed by atoms with E-state index < -0.39 is 0 Å². The monoisotopic (exact) mass is 500 g/mol. The molecule has 1 unspecified atom stereocenters. The summed E-state index contributed by atoms with van der Waals surface area (Å²) in [5.41, 5.74) is 3.24. The molecule has 1 fully saturated rings. The van der Waals surface area contributed by atoms with Gasteiger partial charge in [0, 0.05) is 49.2 Å². The first-order valence-electron chi connectivity index (χ1n) is 12.4. The standard InChI is InChI=1S/C29H32N4O4/c1-33(20-21-8-3-2-4-9-21)29(36)23-11-6-12-24(17-23)30-19-27(34)32-25-13-5-10-22(16-25)28(35)31-18-26-14-7-15-37-26/h2-6,8-13,16-17,26,30H,7,14-15,18-20H2,1H3,(H,31,35)(H,32,34). The highest BCUT2D eigenvalue weighted by Crippen LogP contribution is 2.15. The second kappa shape index (κ2) is 12.7. The Morgan fingerprint density at radius 2 is 1.65 bits per heavy atom. The lowest BCUT2D eigenvalue weighted by molar-refractivity contribution is -0.114. The third-order valence-corrected chi connectivity index (χ3v) is 6.09. The molecule has 3 amide bonds. The molecule has 1 aliphatic heterocycles. The van der Waals surface area contributed by atoms with Gasteiger partial charge in [-0.25, -0.2) is 0 Å². The molecule has 37 heavy (non-hydrogen) atoms. The van der Waals surface area contributed by atoms with E-state index in [4.69, 9.17) is 4.74 Å². The smallest absolute Gasteiger partial charge is 0.253 e. The van der Waals surface area contributed by atoms with Gasteiger partial charge in [-0.15, -0.1) is 0 Å². The van der Waals surface area contributed by atoms with Crippen LogP contribution in [0.15, 0.2) is 78.9 Å². The average Bonchev–Trinajstić information content (AvgIpc) is 3.45. The summed E-state index contributed by atoms with van der Waals surface area (Å²) in [6, 6.07) is 23.7. The van der Waals surface area contributed by atoms with Crippen LogP contribution in [0.3, 0.4) is 0 Å². The molecule has 0 aromatic heterocycles. The molecule has 0 saturated carbocycles. The predicted molar refractivity (Wildman–Crippen MR) is 144 cm³/mol. The van der Waals surface area contributed by atoms with Crippen molar-refractivity contribution in [3.63, 3.8) is 0 Å². The lowest BCUT2D eigenvalue weighted by Crippen LogP contribution is -2.31. The molecular weight excluding hydrogens is 468 g/mol. The van der Waals surface area contributed by atoms with Gasteiger partial charge in [0.15, 0.2) is 0 Å². The molecule has 0 bridgehead atoms. The maximum absolute atomic E-state index is 12.9. The lowest BCUT2D eigenvalue weighted by atomic mass is 10.1. The van der Waals surface area contributed by atoms with E-state index in [0.29, 0.717) is 35.6 Å². The van der Waals surface area contributed by atoms with E-state index in [1.807, 2.05) is 30.3 Å². The maximum atomic E-state index is 12.9. The molecule has 4 rings (SSSR count). The first kappa shape index (κ1) is 25.9. The van der Waals surface area contributed by atoms with Crippen LogP contribution in [0, 0.1) is 0 Å². The quantitative estimate of drug-likeness (QED) is 0.392. The first-order valence-corrected chi connectivity index (χ1v) is 12.4. The molecule has 1 saturated heterocycles. The number of amides is 3. The topological polar surface area (TPSA) is 99.8 Å². The Morgan fingerprint density at radius 3 is 2.41 bits per heavy atom. The van der Waals surface area contributed by atoms with Crippen molar-refractivity contribution in [2.45, 2.75) is 25.5 Å². The van der Waals surface area contributed by atoms with Crippen molar-refractivity contribution in [1.29, 1.82) is 0 Å². The number of carbonyl (C=O) groups excluding carboxylic acids is 3. The van der Waals surface area contributed by atoms with Crippen LogP contribution in [0.2, 0.25) is 0 Å². The SMILES string of the molecule is CN(Cc1ccccc1)C(=O)c1cccc(NCC(=O)Nc2cccc(C(=O)NCC3CCCO3)c2)c1. The van der Waals surface area contributed by atoms with Gasteiger partial charge < -0.3 is 25.6 Å². The predicted octanol–water partition coefficient (Wildman–Crippen LogP) is 3.92. The van der Waals surface area contributed by atoms with E-state index in [-0.39, 0.29) is 30.4 Å². The lowest BCUT2D eigenvalue weighted by Gasteiger charge is -2.18. The van der Waals surface area contributed by atoms with Crippen molar-refractivity contribution in [3.05, 3.63) is 95.6 Å². The fourth-order valence-electron chi connectivity index (χ4n) is 4.15. The minimum absolute atomic E-state index is 0.00689. The largest absolute Gasteiger partial charge is 0.376 e. The molecule has 0 radical (unpaired) electrons. The van der Waals surface area contributed by atoms with Crippen LogP contribution in [-0.4, -0.2) is 55.5 Å². The highest BCUT2D eigenvalue weighted by molar-refractivity contribution is 5.98. The summed E-state index contributed by atoms with van der Waals surface area (Å²) in [6.07, 6.45) is 2.03. The van der Waals surface area contributed by atoms with Gasteiger partial charge in [0.05, 0.1) is 12.6 Å². The van der Waals surface area contributed by atoms with Gasteiger partial charge in [-0.2, -0.15) is 0 Å². The van der Waals surface area contributed by atoms with Crippen molar-refractivity contribution < 1.29 is 19.1 Å². The molecular formula is C29H32N4O4. The molecule has 8 nitrogen and oxygen atoms in total. The van der Waals surface area contributed by atoms with Gasteiger partial charge in [0.1, 0.15) is 0 Å². The molecule has 0 aliphatic carbocycles. The Labute approximate surface area is 217 Å². The zero-order chi connectivity index (χ0) is 26.0. The van der Waals surface area contributed by atoms with Crippen molar-refractivity contribution in [2.75, 3.05) is 37.4 Å². The fraction of sp³-hybridized carbons (Fsp3) is 0.276. The van der Waals surface area contributed by atoms with Crippen LogP contribution in [0.25, 0.3) is 0 Å². The number of hydrogen-bond donors (Lipinski definition) is 3. The van der Waals surface area contributed by atoms with Crippen LogP contribution in [0.1, 0.15) is 39.1 Å². The Balaban J connectivity index is 1.27. The summed E-state index contributed by atoms with van der Waals surface area (Å²) < 4.78 is 5.54. The van der Waals surface area contributed by atoms with Gasteiger partial charge in [0.2, 0.25) is 5.91 Å². The summed E-state index contributed by atoms with van der Waals surface area (Å²) in [5, 5.41) is 8.75. The van der Waals surface area contributed by atoms with Crippen LogP contribution in [-0.2, 0) is 16.1 Å². The summed E-state index contributed by atoms with van der Waals surface area (Å²) in [4.78, 5) is 39.5. The number of carbonyl (C=O) groups is 3. The van der Waals surface area contributed by atoms with E-state index in [2.05, 4.69) is 16.0 Å². The second-order valence-electron chi connectivity index (χ2n) is 9.06. The number of anilines is 2. The number of rotatable bonds is 10. The van der Waals surface area contributed by atoms with Gasteiger partial charge in [-0.05, 0) is 54.8 Å². The highest BCUT2D eigenvalue weighted by Gasteiger charge is 2.17. The molecule has 3 N–H and O–H groups in total.